The van der Waals surface area contributed by atoms with Crippen LogP contribution in [0, 0.1) is 5.92 Å². The highest BCUT2D eigenvalue weighted by molar-refractivity contribution is 6.07. The average Bonchev–Trinajstić information content (AvgIpc) is 2.90. The molecule has 2 aromatic carbocycles. The minimum atomic E-state index is -0.308. The van der Waals surface area contributed by atoms with E-state index in [1.807, 2.05) is 19.9 Å². The number of aliphatic hydroxyl groups is 1. The van der Waals surface area contributed by atoms with Crippen molar-refractivity contribution in [1.82, 2.24) is 14.8 Å². The van der Waals surface area contributed by atoms with Gasteiger partial charge in [-0.15, -0.1) is 0 Å². The molecule has 1 aliphatic rings. The number of aromatic nitrogens is 1. The van der Waals surface area contributed by atoms with Gasteiger partial charge in [-0.3, -0.25) is 14.6 Å². The number of benzene rings is 2. The first-order valence-electron chi connectivity index (χ1n) is 12.4. The molecular formula is C29H36N4O4. The molecule has 37 heavy (non-hydrogen) atoms. The second kappa shape index (κ2) is 13.5. The molecular weight excluding hydrogens is 468 g/mol. The number of nitrogens with zero attached hydrogens (tertiary/aromatic N) is 3. The number of anilines is 1. The summed E-state index contributed by atoms with van der Waals surface area (Å²) in [5.41, 5.74) is 2.64. The van der Waals surface area contributed by atoms with Crippen LogP contribution in [0.15, 0.2) is 73.1 Å². The monoisotopic (exact) mass is 504 g/mol. The number of carbonyl (C=O) groups is 2. The van der Waals surface area contributed by atoms with E-state index in [2.05, 4.69) is 53.6 Å². The summed E-state index contributed by atoms with van der Waals surface area (Å²) in [7, 11) is 4.15. The molecule has 8 nitrogen and oxygen atoms in total. The molecule has 0 radical (unpaired) electrons. The van der Waals surface area contributed by atoms with Gasteiger partial charge in [-0.1, -0.05) is 43.3 Å². The lowest BCUT2D eigenvalue weighted by atomic mass is 10.1. The number of hydrogen-bond donors (Lipinski definition) is 2. The quantitative estimate of drug-likeness (QED) is 0.528. The van der Waals surface area contributed by atoms with Crippen molar-refractivity contribution in [2.45, 2.75) is 26.4 Å². The predicted octanol–water partition coefficient (Wildman–Crippen LogP) is 3.93. The van der Waals surface area contributed by atoms with Crippen LogP contribution in [0.5, 0.6) is 5.75 Å². The van der Waals surface area contributed by atoms with Crippen molar-refractivity contribution < 1.29 is 19.4 Å². The van der Waals surface area contributed by atoms with Crippen molar-refractivity contribution in [2.75, 3.05) is 39.2 Å². The van der Waals surface area contributed by atoms with Crippen LogP contribution in [-0.2, 0) is 6.54 Å². The number of carbonyl (C=O) groups excluding carboxylic acids is 2. The Hall–Kier alpha value is -3.75. The second-order valence-corrected chi connectivity index (χ2v) is 9.50. The maximum Gasteiger partial charge on any atom is 0.258 e. The summed E-state index contributed by atoms with van der Waals surface area (Å²) in [6.45, 7) is 5.59. The highest BCUT2D eigenvalue weighted by Gasteiger charge is 2.29. The zero-order chi connectivity index (χ0) is 26.8. The predicted molar refractivity (Wildman–Crippen MR) is 145 cm³/mol. The Morgan fingerprint density at radius 2 is 1.84 bits per heavy atom. The summed E-state index contributed by atoms with van der Waals surface area (Å²) < 4.78 is 5.90. The number of rotatable bonds is 6. The minimum absolute atomic E-state index is 0.0834. The van der Waals surface area contributed by atoms with Crippen LogP contribution >= 0.6 is 0 Å². The Labute approximate surface area is 218 Å². The molecule has 4 rings (SSSR count). The van der Waals surface area contributed by atoms with Gasteiger partial charge in [-0.25, -0.2) is 0 Å². The summed E-state index contributed by atoms with van der Waals surface area (Å²) >= 11 is 0. The van der Waals surface area contributed by atoms with E-state index in [9.17, 15) is 14.7 Å². The van der Waals surface area contributed by atoms with Crippen LogP contribution in [0.2, 0.25) is 0 Å². The third kappa shape index (κ3) is 7.87. The van der Waals surface area contributed by atoms with Gasteiger partial charge in [0.05, 0.1) is 30.5 Å². The van der Waals surface area contributed by atoms with E-state index >= 15 is 0 Å². The Morgan fingerprint density at radius 3 is 2.49 bits per heavy atom. The topological polar surface area (TPSA) is 95.0 Å². The number of hydrogen-bond acceptors (Lipinski definition) is 6. The number of ether oxygens (including phenoxy) is 1. The maximum atomic E-state index is 13.1. The van der Waals surface area contributed by atoms with Gasteiger partial charge in [0.2, 0.25) is 0 Å². The van der Waals surface area contributed by atoms with E-state index in [1.54, 1.807) is 47.6 Å². The standard InChI is InChI=1S/C20H23N3O4.C9H13N/c1-13-10-23(14(2)11-24)20(26)16-4-3-5-17(18(16)27-12-13)22-19(25)15-6-8-21-9-7-15;1-10(2)8-9-6-4-3-5-7-9/h3-9,13-14,24H,10-12H2,1-2H3,(H,22,25);3-7H,8H2,1-2H3. The van der Waals surface area contributed by atoms with Gasteiger partial charge in [0, 0.05) is 37.0 Å². The molecule has 0 saturated heterocycles. The largest absolute Gasteiger partial charge is 0.490 e. The van der Waals surface area contributed by atoms with Crippen LogP contribution in [0.25, 0.3) is 0 Å². The molecule has 1 aliphatic heterocycles. The fraction of sp³-hybridized carbons (Fsp3) is 0.345. The first-order valence-corrected chi connectivity index (χ1v) is 12.4. The van der Waals surface area contributed by atoms with Gasteiger partial charge in [0.15, 0.2) is 5.75 Å². The smallest absolute Gasteiger partial charge is 0.258 e. The molecule has 0 saturated carbocycles. The van der Waals surface area contributed by atoms with Crippen molar-refractivity contribution in [1.29, 1.82) is 0 Å². The second-order valence-electron chi connectivity index (χ2n) is 9.50. The number of pyridine rings is 1. The summed E-state index contributed by atoms with van der Waals surface area (Å²) in [5.74, 6) is -0.0951. The van der Waals surface area contributed by atoms with Crippen molar-refractivity contribution in [2.24, 2.45) is 5.92 Å². The number of aliphatic hydroxyl groups excluding tert-OH is 1. The molecule has 2 N–H and O–H groups in total. The summed E-state index contributed by atoms with van der Waals surface area (Å²) in [4.78, 5) is 33.3. The van der Waals surface area contributed by atoms with E-state index in [1.165, 1.54) is 5.56 Å². The molecule has 3 aromatic rings. The van der Waals surface area contributed by atoms with E-state index < -0.39 is 0 Å². The first kappa shape index (κ1) is 27.8. The van der Waals surface area contributed by atoms with Crippen LogP contribution < -0.4 is 10.1 Å². The molecule has 8 heteroatoms. The summed E-state index contributed by atoms with van der Waals surface area (Å²) in [5, 5.41) is 12.3. The SMILES string of the molecule is CC1COc2c(NC(=O)c3ccncc3)cccc2C(=O)N(C(C)CO)C1.CN(C)Cc1ccccc1. The van der Waals surface area contributed by atoms with Gasteiger partial charge >= 0.3 is 0 Å². The van der Waals surface area contributed by atoms with E-state index in [-0.39, 0.29) is 30.4 Å². The lowest BCUT2D eigenvalue weighted by Crippen LogP contribution is -2.45. The van der Waals surface area contributed by atoms with E-state index in [4.69, 9.17) is 4.74 Å². The first-order chi connectivity index (χ1) is 17.8. The Balaban J connectivity index is 0.000000319. The van der Waals surface area contributed by atoms with Gasteiger partial charge in [0.25, 0.3) is 11.8 Å². The van der Waals surface area contributed by atoms with Crippen molar-refractivity contribution >= 4 is 17.5 Å². The van der Waals surface area contributed by atoms with E-state index in [0.29, 0.717) is 35.7 Å². The minimum Gasteiger partial charge on any atom is -0.490 e. The molecule has 196 valence electrons. The summed E-state index contributed by atoms with van der Waals surface area (Å²) in [6, 6.07) is 18.5. The maximum absolute atomic E-state index is 13.1. The molecule has 0 spiro atoms. The molecule has 0 bridgehead atoms. The average molecular weight is 505 g/mol. The lowest BCUT2D eigenvalue weighted by molar-refractivity contribution is 0.0524. The molecule has 2 atom stereocenters. The Morgan fingerprint density at radius 1 is 1.14 bits per heavy atom. The fourth-order valence-electron chi connectivity index (χ4n) is 3.94. The van der Waals surface area contributed by atoms with Crippen LogP contribution in [0.3, 0.4) is 0 Å². The highest BCUT2D eigenvalue weighted by Crippen LogP contribution is 2.33. The van der Waals surface area contributed by atoms with Crippen molar-refractivity contribution in [3.05, 3.63) is 89.7 Å². The third-order valence-electron chi connectivity index (χ3n) is 5.86. The van der Waals surface area contributed by atoms with E-state index in [0.717, 1.165) is 6.54 Å². The zero-order valence-corrected chi connectivity index (χ0v) is 21.9. The molecule has 0 fully saturated rings. The Bertz CT molecular complexity index is 1160. The Kier molecular flexibility index (Phi) is 10.2. The number of fused-ring (bicyclic) bond motifs is 1. The normalized spacial score (nSPS) is 15.9. The van der Waals surface area contributed by atoms with Gasteiger partial charge in [-0.2, -0.15) is 0 Å². The van der Waals surface area contributed by atoms with Gasteiger partial charge in [-0.05, 0) is 50.8 Å². The fourth-order valence-corrected chi connectivity index (χ4v) is 3.94. The lowest BCUT2D eigenvalue weighted by Gasteiger charge is -2.33. The molecule has 1 aromatic heterocycles. The van der Waals surface area contributed by atoms with Gasteiger partial charge in [0.1, 0.15) is 0 Å². The molecule has 2 amide bonds. The number of amides is 2. The van der Waals surface area contributed by atoms with Crippen LogP contribution in [0.1, 0.15) is 40.1 Å². The third-order valence-corrected chi connectivity index (χ3v) is 5.86. The van der Waals surface area contributed by atoms with Crippen LogP contribution in [0.4, 0.5) is 5.69 Å². The van der Waals surface area contributed by atoms with Crippen molar-refractivity contribution in [3.63, 3.8) is 0 Å². The number of para-hydroxylation sites is 1. The zero-order valence-electron chi connectivity index (χ0n) is 21.9. The molecule has 0 aliphatic carbocycles. The summed E-state index contributed by atoms with van der Waals surface area (Å²) in [6.07, 6.45) is 3.08. The molecule has 2 unspecified atom stereocenters. The number of nitrogens with one attached hydrogen (secondary N) is 1. The molecule has 2 heterocycles. The van der Waals surface area contributed by atoms with Gasteiger partial charge < -0.3 is 25.0 Å². The van der Waals surface area contributed by atoms with Crippen LogP contribution in [-0.4, -0.2) is 71.6 Å². The highest BCUT2D eigenvalue weighted by atomic mass is 16.5. The van der Waals surface area contributed by atoms with Crippen molar-refractivity contribution in [3.8, 4) is 5.75 Å².